The van der Waals surface area contributed by atoms with Crippen LogP contribution in [0.15, 0.2) is 4.40 Å². The summed E-state index contributed by atoms with van der Waals surface area (Å²) in [6.07, 6.45) is 0.920. The molecule has 0 spiro atoms. The number of hydrogen-bond donors (Lipinski definition) is 2. The van der Waals surface area contributed by atoms with Crippen molar-refractivity contribution in [1.29, 1.82) is 0 Å². The molecule has 76 valence electrons. The van der Waals surface area contributed by atoms with E-state index in [0.29, 0.717) is 5.17 Å². The molecule has 5 nitrogen and oxygen atoms in total. The molecule has 7 heteroatoms. The van der Waals surface area contributed by atoms with E-state index in [1.54, 1.807) is 6.92 Å². The number of nitrogens with one attached hydrogen (secondary N) is 2. The molecular formula is C6H13N3O2S2. The molecule has 0 saturated carbocycles. The van der Waals surface area contributed by atoms with E-state index in [4.69, 9.17) is 0 Å². The normalized spacial score (nSPS) is 26.3. The summed E-state index contributed by atoms with van der Waals surface area (Å²) in [5, 5.41) is 0.652. The SMILES string of the molecule is CCC1NNC(=NS(=O)(=O)CC)S1. The molecule has 0 aromatic carbocycles. The van der Waals surface area contributed by atoms with Crippen molar-refractivity contribution in [1.82, 2.24) is 10.9 Å². The maximum absolute atomic E-state index is 11.1. The molecule has 0 amide bonds. The fraction of sp³-hybridized carbons (Fsp3) is 0.833. The summed E-state index contributed by atoms with van der Waals surface area (Å²) in [4.78, 5) is 0. The zero-order valence-electron chi connectivity index (χ0n) is 7.57. The first-order chi connectivity index (χ1) is 6.07. The van der Waals surface area contributed by atoms with Gasteiger partial charge in [0.2, 0.25) is 0 Å². The van der Waals surface area contributed by atoms with Gasteiger partial charge < -0.3 is 0 Å². The zero-order valence-corrected chi connectivity index (χ0v) is 9.20. The van der Waals surface area contributed by atoms with Crippen molar-refractivity contribution in [3.63, 3.8) is 0 Å². The van der Waals surface area contributed by atoms with Gasteiger partial charge in [0.05, 0.1) is 11.1 Å². The van der Waals surface area contributed by atoms with Crippen molar-refractivity contribution in [2.75, 3.05) is 5.75 Å². The summed E-state index contributed by atoms with van der Waals surface area (Å²) in [5.74, 6) is 0.0372. The lowest BCUT2D eigenvalue weighted by molar-refractivity contribution is 0.597. The second-order valence-electron chi connectivity index (χ2n) is 2.55. The molecule has 1 heterocycles. The molecule has 0 aliphatic carbocycles. The van der Waals surface area contributed by atoms with Gasteiger partial charge >= 0.3 is 0 Å². The van der Waals surface area contributed by atoms with Crippen LogP contribution >= 0.6 is 11.8 Å². The molecule has 1 atom stereocenters. The molecule has 13 heavy (non-hydrogen) atoms. The van der Waals surface area contributed by atoms with E-state index in [1.165, 1.54) is 11.8 Å². The first-order valence-corrected chi connectivity index (χ1v) is 6.57. The van der Waals surface area contributed by atoms with Crippen LogP contribution in [0.4, 0.5) is 0 Å². The molecule has 1 saturated heterocycles. The first-order valence-electron chi connectivity index (χ1n) is 4.08. The maximum atomic E-state index is 11.1. The van der Waals surface area contributed by atoms with Gasteiger partial charge in [-0.1, -0.05) is 18.7 Å². The van der Waals surface area contributed by atoms with Crippen LogP contribution in [0.5, 0.6) is 0 Å². The summed E-state index contributed by atoms with van der Waals surface area (Å²) >= 11 is 1.40. The van der Waals surface area contributed by atoms with Gasteiger partial charge in [0.15, 0.2) is 5.17 Å². The topological polar surface area (TPSA) is 70.6 Å². The molecule has 0 bridgehead atoms. The van der Waals surface area contributed by atoms with Gasteiger partial charge in [0.1, 0.15) is 0 Å². The molecule has 0 radical (unpaired) electrons. The van der Waals surface area contributed by atoms with Crippen molar-refractivity contribution in [3.8, 4) is 0 Å². The van der Waals surface area contributed by atoms with Gasteiger partial charge in [-0.25, -0.2) is 13.8 Å². The molecular weight excluding hydrogens is 210 g/mol. The summed E-state index contributed by atoms with van der Waals surface area (Å²) < 4.78 is 25.8. The molecule has 1 aliphatic heterocycles. The lowest BCUT2D eigenvalue weighted by Crippen LogP contribution is -2.31. The first kappa shape index (κ1) is 10.8. The highest BCUT2D eigenvalue weighted by Crippen LogP contribution is 2.17. The van der Waals surface area contributed by atoms with E-state index in [0.717, 1.165) is 6.42 Å². The van der Waals surface area contributed by atoms with Gasteiger partial charge in [-0.2, -0.15) is 0 Å². The Morgan fingerprint density at radius 3 is 2.69 bits per heavy atom. The molecule has 0 aromatic rings. The number of amidine groups is 1. The summed E-state index contributed by atoms with van der Waals surface area (Å²) in [6, 6.07) is 0. The van der Waals surface area contributed by atoms with Gasteiger partial charge in [0.25, 0.3) is 10.0 Å². The highest BCUT2D eigenvalue weighted by atomic mass is 32.2. The Kier molecular flexibility index (Phi) is 3.57. The maximum Gasteiger partial charge on any atom is 0.255 e. The summed E-state index contributed by atoms with van der Waals surface area (Å²) in [7, 11) is -3.27. The van der Waals surface area contributed by atoms with Crippen LogP contribution in [-0.2, 0) is 10.0 Å². The van der Waals surface area contributed by atoms with Crippen molar-refractivity contribution in [2.24, 2.45) is 4.40 Å². The van der Waals surface area contributed by atoms with Crippen LogP contribution in [0.2, 0.25) is 0 Å². The number of hydrogen-bond acceptors (Lipinski definition) is 4. The van der Waals surface area contributed by atoms with Crippen molar-refractivity contribution < 1.29 is 8.42 Å². The quantitative estimate of drug-likeness (QED) is 0.718. The van der Waals surface area contributed by atoms with Crippen molar-refractivity contribution in [2.45, 2.75) is 25.6 Å². The van der Waals surface area contributed by atoms with Crippen LogP contribution < -0.4 is 10.9 Å². The average Bonchev–Trinajstić information content (AvgIpc) is 2.52. The van der Waals surface area contributed by atoms with E-state index in [9.17, 15) is 8.42 Å². The predicted octanol–water partition coefficient (Wildman–Crippen LogP) is 0.269. The van der Waals surface area contributed by atoms with E-state index in [2.05, 4.69) is 15.2 Å². The van der Waals surface area contributed by atoms with Crippen LogP contribution in [0, 0.1) is 0 Å². The van der Waals surface area contributed by atoms with E-state index in [1.807, 2.05) is 6.92 Å². The van der Waals surface area contributed by atoms with Crippen LogP contribution in [0.3, 0.4) is 0 Å². The monoisotopic (exact) mass is 223 g/mol. The van der Waals surface area contributed by atoms with Gasteiger partial charge in [-0.15, -0.1) is 4.40 Å². The third-order valence-corrected chi connectivity index (χ3v) is 4.01. The third kappa shape index (κ3) is 3.17. The number of nitrogens with zero attached hydrogens (tertiary/aromatic N) is 1. The standard InChI is InChI=1S/C6H13N3O2S2/c1-3-5-7-8-6(12-5)9-13(10,11)4-2/h5,7H,3-4H2,1-2H3,(H,8,9). The van der Waals surface area contributed by atoms with E-state index in [-0.39, 0.29) is 11.1 Å². The lowest BCUT2D eigenvalue weighted by Gasteiger charge is -1.99. The highest BCUT2D eigenvalue weighted by Gasteiger charge is 2.20. The highest BCUT2D eigenvalue weighted by molar-refractivity contribution is 8.15. The number of rotatable bonds is 3. The lowest BCUT2D eigenvalue weighted by atomic mass is 10.5. The van der Waals surface area contributed by atoms with E-state index < -0.39 is 10.0 Å². The average molecular weight is 223 g/mol. The van der Waals surface area contributed by atoms with Crippen molar-refractivity contribution >= 4 is 27.0 Å². The Labute approximate surface area is 82.4 Å². The fourth-order valence-electron chi connectivity index (χ4n) is 0.757. The summed E-state index contributed by atoms with van der Waals surface area (Å²) in [5.41, 5.74) is 5.65. The Morgan fingerprint density at radius 2 is 2.23 bits per heavy atom. The van der Waals surface area contributed by atoms with Crippen LogP contribution in [0.1, 0.15) is 20.3 Å². The predicted molar refractivity (Wildman–Crippen MR) is 54.8 cm³/mol. The third-order valence-electron chi connectivity index (χ3n) is 1.55. The second-order valence-corrected chi connectivity index (χ2v) is 5.67. The zero-order chi connectivity index (χ0) is 9.90. The smallest absolute Gasteiger partial charge is 0.255 e. The largest absolute Gasteiger partial charge is 0.299 e. The minimum absolute atomic E-state index is 0.0372. The second kappa shape index (κ2) is 4.30. The van der Waals surface area contributed by atoms with Crippen molar-refractivity contribution in [3.05, 3.63) is 0 Å². The molecule has 1 unspecified atom stereocenters. The van der Waals surface area contributed by atoms with Crippen LogP contribution in [-0.4, -0.2) is 24.7 Å². The number of hydrazine groups is 1. The minimum Gasteiger partial charge on any atom is -0.299 e. The molecule has 2 N–H and O–H groups in total. The number of thioether (sulfide) groups is 1. The Balaban J connectivity index is 2.65. The molecule has 1 fully saturated rings. The van der Waals surface area contributed by atoms with E-state index >= 15 is 0 Å². The van der Waals surface area contributed by atoms with Gasteiger partial charge in [0, 0.05) is 0 Å². The van der Waals surface area contributed by atoms with Gasteiger partial charge in [-0.05, 0) is 13.3 Å². The summed E-state index contributed by atoms with van der Waals surface area (Å²) in [6.45, 7) is 3.59. The molecule has 1 rings (SSSR count). The Morgan fingerprint density at radius 1 is 1.54 bits per heavy atom. The number of sulfonamides is 1. The van der Waals surface area contributed by atoms with Crippen LogP contribution in [0.25, 0.3) is 0 Å². The van der Waals surface area contributed by atoms with Gasteiger partial charge in [-0.3, -0.25) is 5.43 Å². The molecule has 0 aromatic heterocycles. The fourth-order valence-corrected chi connectivity index (χ4v) is 2.37. The minimum atomic E-state index is -3.27. The molecule has 1 aliphatic rings. The Bertz CT molecular complexity index is 299. The Hall–Kier alpha value is -0.270.